The fourth-order valence-corrected chi connectivity index (χ4v) is 2.53. The molecule has 0 fully saturated rings. The second-order valence-electron chi connectivity index (χ2n) is 6.12. The lowest BCUT2D eigenvalue weighted by Crippen LogP contribution is -2.47. The number of hydrogen-bond acceptors (Lipinski definition) is 4. The van der Waals surface area contributed by atoms with Gasteiger partial charge in [0.1, 0.15) is 11.8 Å². The smallest absolute Gasteiger partial charge is 0.262 e. The number of aromatic hydroxyl groups is 1. The first-order chi connectivity index (χ1) is 13.0. The molecule has 27 heavy (non-hydrogen) atoms. The van der Waals surface area contributed by atoms with Crippen LogP contribution >= 0.6 is 0 Å². The van der Waals surface area contributed by atoms with Gasteiger partial charge in [-0.2, -0.15) is 5.10 Å². The van der Waals surface area contributed by atoms with Gasteiger partial charge >= 0.3 is 0 Å². The summed E-state index contributed by atoms with van der Waals surface area (Å²) in [6, 6.07) is 14.5. The Morgan fingerprint density at radius 3 is 2.22 bits per heavy atom. The third kappa shape index (κ3) is 6.26. The quantitative estimate of drug-likeness (QED) is 0.495. The van der Waals surface area contributed by atoms with E-state index in [1.165, 1.54) is 0 Å². The van der Waals surface area contributed by atoms with E-state index >= 15 is 0 Å². The van der Waals surface area contributed by atoms with Gasteiger partial charge in [0, 0.05) is 17.7 Å². The third-order valence-electron chi connectivity index (χ3n) is 4.17. The number of amides is 2. The molecule has 2 aromatic rings. The first kappa shape index (κ1) is 20.2. The van der Waals surface area contributed by atoms with Crippen molar-refractivity contribution in [3.63, 3.8) is 0 Å². The number of carbonyl (C=O) groups is 2. The molecule has 1 unspecified atom stereocenters. The van der Waals surface area contributed by atoms with E-state index in [2.05, 4.69) is 15.8 Å². The van der Waals surface area contributed by atoms with Crippen molar-refractivity contribution in [2.45, 2.75) is 39.2 Å². The molecule has 142 valence electrons. The summed E-state index contributed by atoms with van der Waals surface area (Å²) >= 11 is 0. The molecule has 0 aromatic heterocycles. The Morgan fingerprint density at radius 1 is 1.00 bits per heavy atom. The lowest BCUT2D eigenvalue weighted by atomic mass is 10.0. The molecule has 0 bridgehead atoms. The van der Waals surface area contributed by atoms with E-state index in [1.54, 1.807) is 48.5 Å². The van der Waals surface area contributed by atoms with E-state index in [0.29, 0.717) is 5.56 Å². The molecule has 2 aromatic carbocycles. The number of phenols is 1. The predicted molar refractivity (Wildman–Crippen MR) is 106 cm³/mol. The molecule has 1 atom stereocenters. The number of nitrogens with one attached hydrogen (secondary N) is 2. The minimum absolute atomic E-state index is 0.146. The topological polar surface area (TPSA) is 90.8 Å². The van der Waals surface area contributed by atoms with Crippen LogP contribution in [0.5, 0.6) is 5.75 Å². The highest BCUT2D eigenvalue weighted by molar-refractivity contribution is 5.97. The van der Waals surface area contributed by atoms with Crippen molar-refractivity contribution in [2.24, 2.45) is 5.10 Å². The first-order valence-corrected chi connectivity index (χ1v) is 9.02. The van der Waals surface area contributed by atoms with Gasteiger partial charge in [-0.25, -0.2) is 5.43 Å². The Balaban J connectivity index is 2.16. The highest BCUT2D eigenvalue weighted by atomic mass is 16.3. The Morgan fingerprint density at radius 2 is 1.63 bits per heavy atom. The van der Waals surface area contributed by atoms with Crippen molar-refractivity contribution in [3.8, 4) is 5.75 Å². The van der Waals surface area contributed by atoms with Gasteiger partial charge in [-0.05, 0) is 42.7 Å². The normalized spacial score (nSPS) is 11.3. The Kier molecular flexibility index (Phi) is 7.55. The monoisotopic (exact) mass is 367 g/mol. The minimum Gasteiger partial charge on any atom is -0.508 e. The average molecular weight is 367 g/mol. The summed E-state index contributed by atoms with van der Waals surface area (Å²) < 4.78 is 0. The van der Waals surface area contributed by atoms with Crippen LogP contribution in [0.15, 0.2) is 59.7 Å². The van der Waals surface area contributed by atoms with Gasteiger partial charge in [0.25, 0.3) is 11.8 Å². The van der Waals surface area contributed by atoms with Crippen LogP contribution in [-0.4, -0.2) is 28.7 Å². The summed E-state index contributed by atoms with van der Waals surface area (Å²) in [5, 5.41) is 16.3. The van der Waals surface area contributed by atoms with Crippen LogP contribution in [0.2, 0.25) is 0 Å². The van der Waals surface area contributed by atoms with Crippen molar-refractivity contribution in [3.05, 3.63) is 65.7 Å². The van der Waals surface area contributed by atoms with Gasteiger partial charge < -0.3 is 10.4 Å². The average Bonchev–Trinajstić information content (AvgIpc) is 2.70. The van der Waals surface area contributed by atoms with Crippen LogP contribution in [0.3, 0.4) is 0 Å². The largest absolute Gasteiger partial charge is 0.508 e. The van der Waals surface area contributed by atoms with E-state index < -0.39 is 6.04 Å². The third-order valence-corrected chi connectivity index (χ3v) is 4.17. The van der Waals surface area contributed by atoms with E-state index in [4.69, 9.17) is 0 Å². The molecule has 3 N–H and O–H groups in total. The summed E-state index contributed by atoms with van der Waals surface area (Å²) in [4.78, 5) is 25.1. The molecule has 0 radical (unpaired) electrons. The van der Waals surface area contributed by atoms with E-state index in [9.17, 15) is 14.7 Å². The van der Waals surface area contributed by atoms with Crippen molar-refractivity contribution >= 4 is 17.5 Å². The molecule has 0 aliphatic heterocycles. The van der Waals surface area contributed by atoms with Crippen LogP contribution in [0, 0.1) is 0 Å². The fourth-order valence-electron chi connectivity index (χ4n) is 2.53. The summed E-state index contributed by atoms with van der Waals surface area (Å²) in [5.41, 5.74) is 4.73. The highest BCUT2D eigenvalue weighted by Crippen LogP contribution is 2.12. The van der Waals surface area contributed by atoms with Crippen LogP contribution in [0.4, 0.5) is 0 Å². The second-order valence-corrected chi connectivity index (χ2v) is 6.12. The summed E-state index contributed by atoms with van der Waals surface area (Å²) in [7, 11) is 0. The number of hydrazone groups is 1. The number of phenolic OH excluding ortho intramolecular Hbond substituents is 1. The van der Waals surface area contributed by atoms with E-state index in [0.717, 1.165) is 24.1 Å². The zero-order chi connectivity index (χ0) is 19.6. The molecular weight excluding hydrogens is 342 g/mol. The van der Waals surface area contributed by atoms with Gasteiger partial charge in [0.05, 0.1) is 0 Å². The lowest BCUT2D eigenvalue weighted by Gasteiger charge is -2.18. The predicted octanol–water partition coefficient (Wildman–Crippen LogP) is 3.03. The number of hydrogen-bond donors (Lipinski definition) is 3. The van der Waals surface area contributed by atoms with Crippen molar-refractivity contribution in [1.29, 1.82) is 0 Å². The summed E-state index contributed by atoms with van der Waals surface area (Å²) in [6.07, 6.45) is 1.78. The summed E-state index contributed by atoms with van der Waals surface area (Å²) in [5.74, 6) is -0.565. The molecule has 0 spiro atoms. The lowest BCUT2D eigenvalue weighted by molar-refractivity contribution is -0.122. The Bertz CT molecular complexity index is 780. The maximum Gasteiger partial charge on any atom is 0.262 e. The van der Waals surface area contributed by atoms with Gasteiger partial charge in [0.15, 0.2) is 0 Å². The minimum atomic E-state index is -0.791. The van der Waals surface area contributed by atoms with Crippen molar-refractivity contribution in [1.82, 2.24) is 10.7 Å². The number of carbonyl (C=O) groups excluding carboxylic acids is 2. The SMILES string of the molecule is CCC(CC)=NNC(=O)C(Cc1ccc(O)cc1)NC(=O)c1ccccc1. The molecule has 2 amide bonds. The fraction of sp³-hybridized carbons (Fsp3) is 0.286. The molecule has 0 aliphatic carbocycles. The van der Waals surface area contributed by atoms with Crippen molar-refractivity contribution < 1.29 is 14.7 Å². The van der Waals surface area contributed by atoms with Gasteiger partial charge in [0.2, 0.25) is 0 Å². The molecule has 0 aliphatic rings. The zero-order valence-corrected chi connectivity index (χ0v) is 15.6. The molecule has 6 heteroatoms. The van der Waals surface area contributed by atoms with Crippen molar-refractivity contribution in [2.75, 3.05) is 0 Å². The van der Waals surface area contributed by atoms with Gasteiger partial charge in [-0.1, -0.05) is 44.2 Å². The second kappa shape index (κ2) is 10.1. The van der Waals surface area contributed by atoms with Gasteiger partial charge in [-0.15, -0.1) is 0 Å². The van der Waals surface area contributed by atoms with E-state index in [1.807, 2.05) is 19.9 Å². The molecule has 2 rings (SSSR count). The molecule has 0 heterocycles. The molecular formula is C21H25N3O3. The Hall–Kier alpha value is -3.15. The number of rotatable bonds is 8. The van der Waals surface area contributed by atoms with Crippen LogP contribution < -0.4 is 10.7 Å². The number of benzene rings is 2. The first-order valence-electron chi connectivity index (χ1n) is 9.02. The molecule has 6 nitrogen and oxygen atoms in total. The Labute approximate surface area is 159 Å². The molecule has 0 saturated heterocycles. The maximum absolute atomic E-state index is 12.6. The maximum atomic E-state index is 12.6. The van der Waals surface area contributed by atoms with Crippen LogP contribution in [-0.2, 0) is 11.2 Å². The van der Waals surface area contributed by atoms with Gasteiger partial charge in [-0.3, -0.25) is 9.59 Å². The van der Waals surface area contributed by atoms with E-state index in [-0.39, 0.29) is 24.0 Å². The summed E-state index contributed by atoms with van der Waals surface area (Å²) in [6.45, 7) is 3.94. The van der Waals surface area contributed by atoms with Crippen LogP contribution in [0.25, 0.3) is 0 Å². The molecule has 0 saturated carbocycles. The van der Waals surface area contributed by atoms with Crippen LogP contribution in [0.1, 0.15) is 42.6 Å². The number of nitrogens with zero attached hydrogens (tertiary/aromatic N) is 1. The highest BCUT2D eigenvalue weighted by Gasteiger charge is 2.22. The standard InChI is InChI=1S/C21H25N3O3/c1-3-17(4-2)23-24-21(27)19(14-15-10-12-18(25)13-11-15)22-20(26)16-8-6-5-7-9-16/h5-13,19,25H,3-4,14H2,1-2H3,(H,22,26)(H,24,27). The zero-order valence-electron chi connectivity index (χ0n) is 15.6.